The van der Waals surface area contributed by atoms with E-state index < -0.39 is 0 Å². The van der Waals surface area contributed by atoms with Crippen LogP contribution in [0.15, 0.2) is 206 Å². The van der Waals surface area contributed by atoms with Crippen LogP contribution in [0.2, 0.25) is 0 Å². The Bertz CT molecular complexity index is 2890. The van der Waals surface area contributed by atoms with Crippen molar-refractivity contribution in [2.45, 2.75) is 19.3 Å². The van der Waals surface area contributed by atoms with Crippen LogP contribution in [0.4, 0.5) is 17.1 Å². The van der Waals surface area contributed by atoms with Crippen molar-refractivity contribution in [2.75, 3.05) is 4.90 Å². The van der Waals surface area contributed by atoms with Crippen molar-refractivity contribution in [2.24, 2.45) is 0 Å². The molecule has 0 fully saturated rings. The topological polar surface area (TPSA) is 8.17 Å². The smallest absolute Gasteiger partial charge is 0.0619 e. The molecule has 2 heteroatoms. The summed E-state index contributed by atoms with van der Waals surface area (Å²) in [6, 6.07) is 74.5. The molecule has 57 heavy (non-hydrogen) atoms. The van der Waals surface area contributed by atoms with E-state index in [0.29, 0.717) is 0 Å². The second-order valence-corrected chi connectivity index (χ2v) is 15.4. The molecule has 0 aliphatic heterocycles. The molecular weight excluding hydrogens is 689 g/mol. The fourth-order valence-electron chi connectivity index (χ4n) is 8.88. The molecule has 0 unspecified atom stereocenters. The molecule has 10 rings (SSSR count). The van der Waals surface area contributed by atoms with Crippen LogP contribution < -0.4 is 4.90 Å². The van der Waals surface area contributed by atoms with Gasteiger partial charge in [-0.25, -0.2) is 0 Å². The lowest BCUT2D eigenvalue weighted by atomic mass is 9.82. The molecule has 0 radical (unpaired) electrons. The van der Waals surface area contributed by atoms with Crippen LogP contribution in [0.1, 0.15) is 36.1 Å². The predicted molar refractivity (Wildman–Crippen MR) is 242 cm³/mol. The zero-order valence-corrected chi connectivity index (χ0v) is 32.2. The van der Waals surface area contributed by atoms with Crippen molar-refractivity contribution in [1.82, 2.24) is 4.57 Å². The summed E-state index contributed by atoms with van der Waals surface area (Å²) in [4.78, 5) is 2.37. The molecule has 1 aliphatic rings. The Morgan fingerprint density at radius 2 is 1.04 bits per heavy atom. The first-order valence-electron chi connectivity index (χ1n) is 19.8. The Labute approximate surface area is 335 Å². The third kappa shape index (κ3) is 5.98. The van der Waals surface area contributed by atoms with Crippen molar-refractivity contribution in [3.63, 3.8) is 0 Å². The zero-order chi connectivity index (χ0) is 38.3. The van der Waals surface area contributed by atoms with E-state index in [9.17, 15) is 0 Å². The number of nitrogens with zero attached hydrogens (tertiary/aromatic N) is 2. The highest BCUT2D eigenvalue weighted by molar-refractivity contribution is 6.08. The second-order valence-electron chi connectivity index (χ2n) is 15.4. The van der Waals surface area contributed by atoms with Gasteiger partial charge in [0.1, 0.15) is 0 Å². The molecule has 0 spiro atoms. The summed E-state index contributed by atoms with van der Waals surface area (Å²) in [5.74, 6) is 0. The number of rotatable bonds is 8. The fourth-order valence-corrected chi connectivity index (χ4v) is 8.88. The first-order valence-corrected chi connectivity index (χ1v) is 19.8. The molecule has 9 aromatic rings. The third-order valence-corrected chi connectivity index (χ3v) is 11.6. The lowest BCUT2D eigenvalue weighted by Crippen LogP contribution is -2.16. The molecule has 1 aromatic heterocycles. The Hall–Kier alpha value is -7.16. The van der Waals surface area contributed by atoms with Crippen molar-refractivity contribution < 1.29 is 0 Å². The van der Waals surface area contributed by atoms with E-state index in [-0.39, 0.29) is 5.41 Å². The number of fused-ring (bicyclic) bond motifs is 4. The lowest BCUT2D eigenvalue weighted by Gasteiger charge is -2.28. The van der Waals surface area contributed by atoms with E-state index in [2.05, 4.69) is 242 Å². The third-order valence-electron chi connectivity index (χ3n) is 11.6. The summed E-state index contributed by atoms with van der Waals surface area (Å²) in [5, 5.41) is 1.22. The second kappa shape index (κ2) is 14.2. The van der Waals surface area contributed by atoms with E-state index in [1.54, 1.807) is 0 Å². The summed E-state index contributed by atoms with van der Waals surface area (Å²) >= 11 is 0. The number of anilines is 3. The number of para-hydroxylation sites is 3. The minimum atomic E-state index is -0.0775. The van der Waals surface area contributed by atoms with Gasteiger partial charge < -0.3 is 9.47 Å². The van der Waals surface area contributed by atoms with Crippen molar-refractivity contribution in [1.29, 1.82) is 0 Å². The minimum absolute atomic E-state index is 0.0775. The van der Waals surface area contributed by atoms with Crippen LogP contribution in [0.25, 0.3) is 62.3 Å². The summed E-state index contributed by atoms with van der Waals surface area (Å²) in [6.07, 6.45) is 4.52. The summed E-state index contributed by atoms with van der Waals surface area (Å²) < 4.78 is 2.45. The maximum Gasteiger partial charge on any atom is 0.0619 e. The standard InChI is InChI=1S/C55H42N2/c1-55(2)50-29-16-15-27-47(50)48-37-36-46(38-51(48)55)56(43-23-11-5-12-24-43)45-34-31-39(32-35-45)30-33-42-22-17-28-49-52(40-18-7-3-8-19-40)54(41-20-9-4-10-21-41)57(53(42)49)44-25-13-6-14-26-44/h3-38H,1-2H3. The monoisotopic (exact) mass is 730 g/mol. The quantitative estimate of drug-likeness (QED) is 0.141. The Balaban J connectivity index is 1.07. The van der Waals surface area contributed by atoms with Gasteiger partial charge in [-0.15, -0.1) is 0 Å². The molecule has 1 aliphatic carbocycles. The van der Waals surface area contributed by atoms with E-state index in [1.165, 1.54) is 55.5 Å². The minimum Gasteiger partial charge on any atom is -0.310 e. The molecule has 0 saturated heterocycles. The highest BCUT2D eigenvalue weighted by atomic mass is 15.1. The van der Waals surface area contributed by atoms with Crippen molar-refractivity contribution in [3.8, 4) is 39.2 Å². The molecule has 0 atom stereocenters. The van der Waals surface area contributed by atoms with Gasteiger partial charge >= 0.3 is 0 Å². The van der Waals surface area contributed by atoms with Gasteiger partial charge in [0.15, 0.2) is 0 Å². The summed E-state index contributed by atoms with van der Waals surface area (Å²) in [7, 11) is 0. The molecule has 8 aromatic carbocycles. The maximum absolute atomic E-state index is 2.45. The Morgan fingerprint density at radius 1 is 0.456 bits per heavy atom. The van der Waals surface area contributed by atoms with Crippen LogP contribution in [-0.4, -0.2) is 4.57 Å². The molecule has 2 nitrogen and oxygen atoms in total. The Kier molecular flexibility index (Phi) is 8.53. The predicted octanol–water partition coefficient (Wildman–Crippen LogP) is 14.9. The van der Waals surface area contributed by atoms with E-state index in [0.717, 1.165) is 33.9 Å². The molecule has 272 valence electrons. The SMILES string of the molecule is CC1(C)c2ccccc2-c2ccc(N(c3ccccc3)c3ccc(C=Cc4cccc5c(-c6ccccc6)c(-c6ccccc6)n(-c6ccccc6)c45)cc3)cc21. The number of hydrogen-bond donors (Lipinski definition) is 0. The van der Waals surface area contributed by atoms with E-state index in [1.807, 2.05) is 0 Å². The lowest BCUT2D eigenvalue weighted by molar-refractivity contribution is 0.660. The average molecular weight is 731 g/mol. The van der Waals surface area contributed by atoms with Crippen LogP contribution in [0.3, 0.4) is 0 Å². The number of hydrogen-bond acceptors (Lipinski definition) is 1. The van der Waals surface area contributed by atoms with Crippen LogP contribution in [-0.2, 0) is 5.41 Å². The zero-order valence-electron chi connectivity index (χ0n) is 32.2. The highest BCUT2D eigenvalue weighted by Gasteiger charge is 2.35. The van der Waals surface area contributed by atoms with Gasteiger partial charge in [-0.3, -0.25) is 0 Å². The van der Waals surface area contributed by atoms with E-state index >= 15 is 0 Å². The first-order chi connectivity index (χ1) is 28.1. The summed E-state index contributed by atoms with van der Waals surface area (Å²) in [6.45, 7) is 4.69. The maximum atomic E-state index is 2.45. The molecule has 1 heterocycles. The molecular formula is C55H42N2. The van der Waals surface area contributed by atoms with Crippen LogP contribution in [0.5, 0.6) is 0 Å². The average Bonchev–Trinajstić information content (AvgIpc) is 3.74. The molecule has 0 saturated carbocycles. The van der Waals surface area contributed by atoms with E-state index in [4.69, 9.17) is 0 Å². The van der Waals surface area contributed by atoms with Crippen LogP contribution in [0, 0.1) is 0 Å². The van der Waals surface area contributed by atoms with Gasteiger partial charge in [0.25, 0.3) is 0 Å². The highest BCUT2D eigenvalue weighted by Crippen LogP contribution is 2.51. The van der Waals surface area contributed by atoms with Gasteiger partial charge in [0.05, 0.1) is 11.2 Å². The molecule has 0 N–H and O–H groups in total. The van der Waals surface area contributed by atoms with Crippen LogP contribution >= 0.6 is 0 Å². The van der Waals surface area contributed by atoms with Gasteiger partial charge in [-0.1, -0.05) is 184 Å². The van der Waals surface area contributed by atoms with Gasteiger partial charge in [-0.2, -0.15) is 0 Å². The number of aromatic nitrogens is 1. The van der Waals surface area contributed by atoms with Gasteiger partial charge in [0, 0.05) is 39.1 Å². The molecule has 0 bridgehead atoms. The normalized spacial score (nSPS) is 12.8. The van der Waals surface area contributed by atoms with Gasteiger partial charge in [-0.05, 0) is 93.0 Å². The number of benzene rings is 8. The Morgan fingerprint density at radius 3 is 1.75 bits per heavy atom. The summed E-state index contributed by atoms with van der Waals surface area (Å²) in [5.41, 5.74) is 18.2. The van der Waals surface area contributed by atoms with Crippen molar-refractivity contribution in [3.05, 3.63) is 229 Å². The first kappa shape index (κ1) is 34.3. The molecule has 0 amide bonds. The van der Waals surface area contributed by atoms with Gasteiger partial charge in [0.2, 0.25) is 0 Å². The largest absolute Gasteiger partial charge is 0.310 e. The van der Waals surface area contributed by atoms with Crippen molar-refractivity contribution >= 4 is 40.1 Å². The fraction of sp³-hybridized carbons (Fsp3) is 0.0545.